The number of hydrogen-bond donors (Lipinski definition) is 0. The summed E-state index contributed by atoms with van der Waals surface area (Å²) < 4.78 is 3.85. The Hall–Kier alpha value is -3.88. The van der Waals surface area contributed by atoms with Crippen LogP contribution in [0.3, 0.4) is 0 Å². The highest BCUT2D eigenvalue weighted by Crippen LogP contribution is 2.56. The van der Waals surface area contributed by atoms with Crippen LogP contribution in [0.2, 0.25) is 0 Å². The fourth-order valence-electron chi connectivity index (χ4n) is 6.37. The van der Waals surface area contributed by atoms with Crippen LogP contribution in [-0.4, -0.2) is 4.57 Å². The lowest BCUT2D eigenvalue weighted by Gasteiger charge is -2.21. The maximum atomic E-state index is 2.44. The Kier molecular flexibility index (Phi) is 3.67. The van der Waals surface area contributed by atoms with E-state index in [1.54, 1.807) is 0 Å². The van der Waals surface area contributed by atoms with E-state index in [9.17, 15) is 0 Å². The minimum atomic E-state index is 0.00850. The van der Waals surface area contributed by atoms with Gasteiger partial charge in [-0.1, -0.05) is 92.7 Å². The van der Waals surface area contributed by atoms with Gasteiger partial charge in [0.25, 0.3) is 0 Å². The van der Waals surface area contributed by atoms with Crippen molar-refractivity contribution in [3.8, 4) is 16.1 Å². The van der Waals surface area contributed by atoms with Gasteiger partial charge in [0.15, 0.2) is 0 Å². The lowest BCUT2D eigenvalue weighted by molar-refractivity contribution is 0.667. The predicted molar refractivity (Wildman–Crippen MR) is 151 cm³/mol. The second-order valence-electron chi connectivity index (χ2n) is 10.2. The molecular formula is C33H23NS. The quantitative estimate of drug-likeness (QED) is 0.227. The molecule has 0 unspecified atom stereocenters. The molecule has 0 fully saturated rings. The fourth-order valence-corrected chi connectivity index (χ4v) is 7.93. The summed E-state index contributed by atoms with van der Waals surface area (Å²) in [5.41, 5.74) is 8.10. The van der Waals surface area contributed by atoms with Crippen LogP contribution < -0.4 is 0 Å². The van der Waals surface area contributed by atoms with Crippen LogP contribution in [-0.2, 0) is 5.41 Å². The van der Waals surface area contributed by atoms with Crippen molar-refractivity contribution in [2.75, 3.05) is 0 Å². The van der Waals surface area contributed by atoms with Crippen molar-refractivity contribution in [2.24, 2.45) is 0 Å². The monoisotopic (exact) mass is 465 g/mol. The highest BCUT2D eigenvalue weighted by molar-refractivity contribution is 7.23. The van der Waals surface area contributed by atoms with E-state index in [0.29, 0.717) is 0 Å². The lowest BCUT2D eigenvalue weighted by atomic mass is 9.81. The van der Waals surface area contributed by atoms with Crippen LogP contribution >= 0.6 is 11.3 Å². The van der Waals surface area contributed by atoms with Crippen molar-refractivity contribution in [3.05, 3.63) is 114 Å². The Balaban J connectivity index is 1.51. The molecule has 2 heterocycles. The molecule has 5 aromatic carbocycles. The first kappa shape index (κ1) is 19.4. The van der Waals surface area contributed by atoms with E-state index in [1.807, 2.05) is 11.3 Å². The van der Waals surface area contributed by atoms with Crippen molar-refractivity contribution in [1.29, 1.82) is 0 Å². The van der Waals surface area contributed by atoms with Crippen LogP contribution in [0.4, 0.5) is 0 Å². The number of aromatic nitrogens is 1. The normalized spacial score (nSPS) is 14.2. The van der Waals surface area contributed by atoms with E-state index in [4.69, 9.17) is 0 Å². The number of hydrogen-bond acceptors (Lipinski definition) is 1. The van der Waals surface area contributed by atoms with Crippen molar-refractivity contribution in [3.63, 3.8) is 0 Å². The second kappa shape index (κ2) is 6.62. The van der Waals surface area contributed by atoms with Crippen molar-refractivity contribution in [2.45, 2.75) is 19.3 Å². The summed E-state index contributed by atoms with van der Waals surface area (Å²) in [7, 11) is 0. The predicted octanol–water partition coefficient (Wildman–Crippen LogP) is 9.46. The number of para-hydroxylation sites is 1. The van der Waals surface area contributed by atoms with Gasteiger partial charge in [-0.15, -0.1) is 11.3 Å². The van der Waals surface area contributed by atoms with E-state index in [2.05, 4.69) is 122 Å². The molecule has 1 aliphatic carbocycles. The topological polar surface area (TPSA) is 4.93 Å². The first-order valence-electron chi connectivity index (χ1n) is 12.2. The molecule has 0 atom stereocenters. The number of fused-ring (bicyclic) bond motifs is 10. The summed E-state index contributed by atoms with van der Waals surface area (Å²) in [4.78, 5) is 1.44. The molecule has 2 heteroatoms. The molecule has 1 aliphatic rings. The first-order chi connectivity index (χ1) is 17.1. The Morgan fingerprint density at radius 2 is 1.43 bits per heavy atom. The van der Waals surface area contributed by atoms with Gasteiger partial charge in [-0.2, -0.15) is 0 Å². The van der Waals surface area contributed by atoms with Gasteiger partial charge in [-0.05, 0) is 57.1 Å². The third kappa shape index (κ3) is 2.42. The largest absolute Gasteiger partial charge is 0.309 e. The van der Waals surface area contributed by atoms with Crippen molar-refractivity contribution in [1.82, 2.24) is 4.57 Å². The summed E-state index contributed by atoms with van der Waals surface area (Å²) in [5, 5.41) is 6.65. The van der Waals surface area contributed by atoms with Crippen molar-refractivity contribution < 1.29 is 0 Å². The number of nitrogens with zero attached hydrogens (tertiary/aromatic N) is 1. The second-order valence-corrected chi connectivity index (χ2v) is 11.2. The number of rotatable bonds is 1. The highest BCUT2D eigenvalue weighted by atomic mass is 32.1. The van der Waals surface area contributed by atoms with Gasteiger partial charge in [0.2, 0.25) is 0 Å². The van der Waals surface area contributed by atoms with Crippen LogP contribution in [0.25, 0.3) is 58.8 Å². The molecule has 0 spiro atoms. The van der Waals surface area contributed by atoms with E-state index in [1.165, 1.54) is 69.9 Å². The third-order valence-corrected chi connectivity index (χ3v) is 9.21. The van der Waals surface area contributed by atoms with E-state index in [-0.39, 0.29) is 5.41 Å². The molecular weight excluding hydrogens is 442 g/mol. The molecule has 0 saturated heterocycles. The fraction of sp³-hybridized carbons (Fsp3) is 0.0909. The smallest absolute Gasteiger partial charge is 0.0555 e. The van der Waals surface area contributed by atoms with Crippen LogP contribution in [0.15, 0.2) is 103 Å². The Bertz CT molecular complexity index is 1980. The minimum Gasteiger partial charge on any atom is -0.309 e. The summed E-state index contributed by atoms with van der Waals surface area (Å²) in [5.74, 6) is 0. The molecule has 0 N–H and O–H groups in total. The molecule has 0 saturated carbocycles. The summed E-state index contributed by atoms with van der Waals surface area (Å²) in [6, 6.07) is 38.0. The minimum absolute atomic E-state index is 0.00850. The molecule has 2 aromatic heterocycles. The van der Waals surface area contributed by atoms with Crippen LogP contribution in [0.5, 0.6) is 0 Å². The average molecular weight is 466 g/mol. The highest BCUT2D eigenvalue weighted by Gasteiger charge is 2.38. The molecule has 35 heavy (non-hydrogen) atoms. The third-order valence-electron chi connectivity index (χ3n) is 7.95. The van der Waals surface area contributed by atoms with Gasteiger partial charge in [0, 0.05) is 31.5 Å². The molecule has 0 bridgehead atoms. The molecule has 8 rings (SSSR count). The van der Waals surface area contributed by atoms with Gasteiger partial charge in [0.1, 0.15) is 0 Å². The molecule has 1 nitrogen and oxygen atoms in total. The van der Waals surface area contributed by atoms with E-state index >= 15 is 0 Å². The zero-order valence-corrected chi connectivity index (χ0v) is 20.5. The molecule has 0 amide bonds. The maximum Gasteiger partial charge on any atom is 0.0555 e. The average Bonchev–Trinajstić information content (AvgIpc) is 3.51. The van der Waals surface area contributed by atoms with E-state index in [0.717, 1.165) is 0 Å². The van der Waals surface area contributed by atoms with Crippen LogP contribution in [0, 0.1) is 0 Å². The molecule has 7 aromatic rings. The SMILES string of the molecule is CC1(C)c2ccccc2-c2sc3c(ccc4c3c3ccccc3n4-c3ccc4ccccc4c3)c21. The van der Waals surface area contributed by atoms with Gasteiger partial charge >= 0.3 is 0 Å². The first-order valence-corrected chi connectivity index (χ1v) is 13.0. The number of benzene rings is 5. The zero-order valence-electron chi connectivity index (χ0n) is 19.7. The Morgan fingerprint density at radius 3 is 2.34 bits per heavy atom. The standard InChI is InChI=1S/C33H23NS/c1-33(2)26-13-7-5-11-23(26)32-30(33)25-17-18-28-29(31(25)35-32)24-12-6-8-14-27(24)34(28)22-16-15-20-9-3-4-10-21(20)19-22/h3-19H,1-2H3. The lowest BCUT2D eigenvalue weighted by Crippen LogP contribution is -2.14. The van der Waals surface area contributed by atoms with E-state index < -0.39 is 0 Å². The van der Waals surface area contributed by atoms with Gasteiger partial charge in [-0.25, -0.2) is 0 Å². The summed E-state index contributed by atoms with van der Waals surface area (Å²) in [6.07, 6.45) is 0. The molecule has 0 radical (unpaired) electrons. The van der Waals surface area contributed by atoms with Gasteiger partial charge in [0.05, 0.1) is 11.0 Å². The van der Waals surface area contributed by atoms with Gasteiger partial charge in [-0.3, -0.25) is 0 Å². The molecule has 166 valence electrons. The molecule has 0 aliphatic heterocycles. The summed E-state index contributed by atoms with van der Waals surface area (Å²) in [6.45, 7) is 4.76. The van der Waals surface area contributed by atoms with Crippen LogP contribution in [0.1, 0.15) is 25.0 Å². The Morgan fingerprint density at radius 1 is 0.657 bits per heavy atom. The Labute approximate surface area is 207 Å². The number of thiophene rings is 1. The summed E-state index contributed by atoms with van der Waals surface area (Å²) >= 11 is 1.97. The zero-order chi connectivity index (χ0) is 23.3. The maximum absolute atomic E-state index is 2.44. The van der Waals surface area contributed by atoms with Crippen molar-refractivity contribution >= 4 is 54.0 Å². The van der Waals surface area contributed by atoms with Gasteiger partial charge < -0.3 is 4.57 Å².